The Labute approximate surface area is 241 Å². The minimum atomic E-state index is -3.35. The number of nitrogens with zero attached hydrogens (tertiary/aromatic N) is 5. The molecule has 0 radical (unpaired) electrons. The Morgan fingerprint density at radius 2 is 1.77 bits per heavy atom. The molecule has 1 aromatic carbocycles. The fraction of sp³-hybridized carbons (Fsp3) is 0.621. The molecule has 2 aliphatic heterocycles. The predicted molar refractivity (Wildman–Crippen MR) is 160 cm³/mol. The smallest absolute Gasteiger partial charge is 0.274 e. The van der Waals surface area contributed by atoms with Crippen LogP contribution in [0.25, 0.3) is 10.2 Å². The first-order valence-electron chi connectivity index (χ1n) is 14.4. The van der Waals surface area contributed by atoms with Crippen molar-refractivity contribution in [2.24, 2.45) is 0 Å². The highest BCUT2D eigenvalue weighted by molar-refractivity contribution is 7.89. The summed E-state index contributed by atoms with van der Waals surface area (Å²) in [5, 5.41) is 10.6. The van der Waals surface area contributed by atoms with Crippen molar-refractivity contribution < 1.29 is 18.3 Å². The first-order valence-corrected chi connectivity index (χ1v) is 16.9. The number of aromatic nitrogens is 3. The summed E-state index contributed by atoms with van der Waals surface area (Å²) in [6.45, 7) is 8.20. The third-order valence-corrected chi connectivity index (χ3v) is 10.7. The monoisotopic (exact) mass is 587 g/mol. The van der Waals surface area contributed by atoms with Crippen LogP contribution in [0.1, 0.15) is 76.3 Å². The molecule has 0 aliphatic carbocycles. The maximum atomic E-state index is 12.7. The molecule has 218 valence electrons. The summed E-state index contributed by atoms with van der Waals surface area (Å²) in [5.74, 6) is 1.10. The van der Waals surface area contributed by atoms with Gasteiger partial charge in [-0.1, -0.05) is 30.7 Å². The van der Waals surface area contributed by atoms with Crippen LogP contribution in [-0.2, 0) is 16.4 Å². The highest BCUT2D eigenvalue weighted by atomic mass is 32.2. The van der Waals surface area contributed by atoms with Crippen molar-refractivity contribution in [1.29, 1.82) is 0 Å². The molecule has 3 aromatic rings. The van der Waals surface area contributed by atoms with Crippen LogP contribution in [0.5, 0.6) is 5.19 Å². The molecule has 2 aromatic heterocycles. The van der Waals surface area contributed by atoms with Crippen LogP contribution in [0.2, 0.25) is 0 Å². The number of hydrogen-bond donors (Lipinski definition) is 1. The van der Waals surface area contributed by atoms with Gasteiger partial charge in [0, 0.05) is 51.4 Å². The van der Waals surface area contributed by atoms with E-state index in [0.717, 1.165) is 67.8 Å². The minimum absolute atomic E-state index is 0.0181. The highest BCUT2D eigenvalue weighted by Gasteiger charge is 2.30. The molecule has 9 nitrogen and oxygen atoms in total. The Kier molecular flexibility index (Phi) is 8.94. The zero-order valence-electron chi connectivity index (χ0n) is 23.8. The van der Waals surface area contributed by atoms with Gasteiger partial charge in [-0.15, -0.1) is 0 Å². The van der Waals surface area contributed by atoms with E-state index in [0.29, 0.717) is 24.2 Å². The fourth-order valence-electron chi connectivity index (χ4n) is 5.44. The lowest BCUT2D eigenvalue weighted by atomic mass is 9.90. The van der Waals surface area contributed by atoms with Crippen LogP contribution in [0.3, 0.4) is 0 Å². The number of sulfonamides is 1. The van der Waals surface area contributed by atoms with Gasteiger partial charge in [-0.05, 0) is 68.7 Å². The lowest BCUT2D eigenvalue weighted by Crippen LogP contribution is -2.40. The van der Waals surface area contributed by atoms with E-state index in [1.165, 1.54) is 11.1 Å². The molecule has 5 rings (SSSR count). The summed E-state index contributed by atoms with van der Waals surface area (Å²) in [5.41, 5.74) is 2.37. The Bertz CT molecular complexity index is 1370. The van der Waals surface area contributed by atoms with Crippen LogP contribution in [0.4, 0.5) is 5.95 Å². The van der Waals surface area contributed by atoms with E-state index in [9.17, 15) is 13.5 Å². The lowest BCUT2D eigenvalue weighted by Gasteiger charge is -2.32. The van der Waals surface area contributed by atoms with E-state index < -0.39 is 15.6 Å². The molecule has 0 unspecified atom stereocenters. The normalized spacial score (nSPS) is 18.4. The molecular formula is C29H41N5O4S2. The molecule has 4 heterocycles. The molecule has 0 saturated carbocycles. The number of hydrogen-bond acceptors (Lipinski definition) is 9. The summed E-state index contributed by atoms with van der Waals surface area (Å²) in [7, 11) is -3.35. The van der Waals surface area contributed by atoms with Gasteiger partial charge in [0.1, 0.15) is 6.10 Å². The molecule has 0 amide bonds. The number of piperidine rings is 2. The standard InChI is InChI=1S/C29H41N5O4S2/c1-4-5-21-19-30-27(31-20-21)33-13-10-24(11-14-33)38-28-32-25-7-6-23(18-26(25)39-28)22-8-15-34(16-9-22)40(36,37)17-12-29(2,3)35/h6-7,18-20,22,24,35H,4-5,8-17H2,1-3H3. The number of anilines is 1. The molecule has 2 aliphatic rings. The van der Waals surface area contributed by atoms with Crippen LogP contribution >= 0.6 is 11.3 Å². The van der Waals surface area contributed by atoms with Gasteiger partial charge < -0.3 is 14.7 Å². The molecule has 2 saturated heterocycles. The zero-order chi connectivity index (χ0) is 28.3. The van der Waals surface area contributed by atoms with E-state index in [2.05, 4.69) is 40.0 Å². The number of aliphatic hydroxyl groups is 1. The maximum Gasteiger partial charge on any atom is 0.274 e. The van der Waals surface area contributed by atoms with Crippen molar-refractivity contribution in [3.8, 4) is 5.19 Å². The highest BCUT2D eigenvalue weighted by Crippen LogP contribution is 2.35. The number of rotatable bonds is 10. The Morgan fingerprint density at radius 1 is 1.07 bits per heavy atom. The van der Waals surface area contributed by atoms with Gasteiger partial charge in [-0.25, -0.2) is 27.7 Å². The largest absolute Gasteiger partial charge is 0.467 e. The zero-order valence-corrected chi connectivity index (χ0v) is 25.4. The van der Waals surface area contributed by atoms with E-state index in [-0.39, 0.29) is 18.3 Å². The van der Waals surface area contributed by atoms with Crippen molar-refractivity contribution >= 4 is 37.5 Å². The third-order valence-electron chi connectivity index (χ3n) is 7.91. The minimum Gasteiger partial charge on any atom is -0.467 e. The SMILES string of the molecule is CCCc1cnc(N2CCC(Oc3nc4ccc(C5CCN(S(=O)(=O)CCC(C)(C)O)CC5)cc4s3)CC2)nc1. The summed E-state index contributed by atoms with van der Waals surface area (Å²) < 4.78 is 34.5. The van der Waals surface area contributed by atoms with Crippen LogP contribution in [-0.4, -0.2) is 76.4 Å². The van der Waals surface area contributed by atoms with E-state index in [1.54, 1.807) is 29.5 Å². The molecule has 1 N–H and O–H groups in total. The van der Waals surface area contributed by atoms with Crippen LogP contribution in [0, 0.1) is 0 Å². The second kappa shape index (κ2) is 12.3. The quantitative estimate of drug-likeness (QED) is 0.362. The van der Waals surface area contributed by atoms with Gasteiger partial charge in [0.2, 0.25) is 16.0 Å². The number of fused-ring (bicyclic) bond motifs is 1. The number of benzene rings is 1. The summed E-state index contributed by atoms with van der Waals surface area (Å²) >= 11 is 1.58. The lowest BCUT2D eigenvalue weighted by molar-refractivity contribution is 0.0768. The maximum absolute atomic E-state index is 12.7. The van der Waals surface area contributed by atoms with E-state index in [1.807, 2.05) is 12.4 Å². The van der Waals surface area contributed by atoms with Crippen molar-refractivity contribution in [1.82, 2.24) is 19.3 Å². The van der Waals surface area contributed by atoms with Gasteiger partial charge in [-0.2, -0.15) is 0 Å². The summed E-state index contributed by atoms with van der Waals surface area (Å²) in [6.07, 6.45) is 9.73. The molecule has 11 heteroatoms. The second-order valence-electron chi connectivity index (χ2n) is 11.7. The van der Waals surface area contributed by atoms with Crippen molar-refractivity contribution in [2.45, 2.75) is 83.3 Å². The number of ether oxygens (including phenoxy) is 1. The van der Waals surface area contributed by atoms with Crippen molar-refractivity contribution in [3.63, 3.8) is 0 Å². The summed E-state index contributed by atoms with van der Waals surface area (Å²) in [4.78, 5) is 16.1. The second-order valence-corrected chi connectivity index (χ2v) is 14.8. The Balaban J connectivity index is 1.14. The van der Waals surface area contributed by atoms with Crippen molar-refractivity contribution in [3.05, 3.63) is 41.7 Å². The molecule has 40 heavy (non-hydrogen) atoms. The first kappa shape index (κ1) is 29.2. The molecular weight excluding hydrogens is 546 g/mol. The average Bonchev–Trinajstić information content (AvgIpc) is 3.34. The van der Waals surface area contributed by atoms with Crippen LogP contribution in [0.15, 0.2) is 30.6 Å². The van der Waals surface area contributed by atoms with Crippen molar-refractivity contribution in [2.75, 3.05) is 36.8 Å². The molecule has 0 atom stereocenters. The molecule has 0 spiro atoms. The third kappa shape index (κ3) is 7.29. The van der Waals surface area contributed by atoms with Gasteiger partial charge in [-0.3, -0.25) is 0 Å². The van der Waals surface area contributed by atoms with E-state index >= 15 is 0 Å². The van der Waals surface area contributed by atoms with Crippen LogP contribution < -0.4 is 9.64 Å². The van der Waals surface area contributed by atoms with Gasteiger partial charge in [0.15, 0.2) is 0 Å². The van der Waals surface area contributed by atoms with E-state index in [4.69, 9.17) is 9.72 Å². The number of thiazole rings is 1. The average molecular weight is 588 g/mol. The van der Waals surface area contributed by atoms with Gasteiger partial charge >= 0.3 is 0 Å². The Hall–Kier alpha value is -2.34. The van der Waals surface area contributed by atoms with Gasteiger partial charge in [0.25, 0.3) is 5.19 Å². The Morgan fingerprint density at radius 3 is 2.42 bits per heavy atom. The molecule has 0 bridgehead atoms. The predicted octanol–water partition coefficient (Wildman–Crippen LogP) is 4.76. The molecule has 2 fully saturated rings. The topological polar surface area (TPSA) is 109 Å². The first-order chi connectivity index (χ1) is 19.1. The van der Waals surface area contributed by atoms with Gasteiger partial charge in [0.05, 0.1) is 21.6 Å². The number of aryl methyl sites for hydroxylation is 1. The fourth-order valence-corrected chi connectivity index (χ4v) is 8.16. The summed E-state index contributed by atoms with van der Waals surface area (Å²) in [6, 6.07) is 6.38.